The number of imidazole rings is 1. The van der Waals surface area contributed by atoms with Gasteiger partial charge in [-0.1, -0.05) is 0 Å². The summed E-state index contributed by atoms with van der Waals surface area (Å²) in [5, 5.41) is 0. The summed E-state index contributed by atoms with van der Waals surface area (Å²) in [6.07, 6.45) is 2.54. The van der Waals surface area contributed by atoms with Gasteiger partial charge in [-0.15, -0.1) is 0 Å². The van der Waals surface area contributed by atoms with E-state index < -0.39 is 6.03 Å². The highest BCUT2D eigenvalue weighted by atomic mass is 16.2. The Balaban J connectivity index is 2.86. The van der Waals surface area contributed by atoms with Crippen LogP contribution in [-0.4, -0.2) is 25.6 Å². The maximum absolute atomic E-state index is 10.9. The van der Waals surface area contributed by atoms with Gasteiger partial charge in [0.1, 0.15) is 18.2 Å². The molecule has 4 N–H and O–H groups in total. The summed E-state index contributed by atoms with van der Waals surface area (Å²) >= 11 is 0. The van der Waals surface area contributed by atoms with Crippen molar-refractivity contribution >= 4 is 23.0 Å². The molecule has 1 amide bonds. The molecule has 0 saturated heterocycles. The van der Waals surface area contributed by atoms with E-state index in [1.165, 1.54) is 12.7 Å². The molecule has 0 aliphatic rings. The Labute approximate surface area is 72.4 Å². The van der Waals surface area contributed by atoms with Crippen molar-refractivity contribution in [1.82, 2.24) is 19.5 Å². The lowest BCUT2D eigenvalue weighted by molar-refractivity contribution is 0.251. The van der Waals surface area contributed by atoms with Crippen molar-refractivity contribution < 1.29 is 4.79 Å². The molecule has 0 aromatic carbocycles. The molecule has 0 spiro atoms. The predicted octanol–water partition coefficient (Wildman–Crippen LogP) is -0.665. The van der Waals surface area contributed by atoms with Crippen molar-refractivity contribution in [2.75, 3.05) is 5.73 Å². The van der Waals surface area contributed by atoms with Gasteiger partial charge >= 0.3 is 6.03 Å². The van der Waals surface area contributed by atoms with Crippen LogP contribution in [0, 0.1) is 0 Å². The Morgan fingerprint density at radius 2 is 2.15 bits per heavy atom. The average molecular weight is 178 g/mol. The number of anilines is 1. The Kier molecular flexibility index (Phi) is 1.38. The van der Waals surface area contributed by atoms with Crippen molar-refractivity contribution in [3.8, 4) is 0 Å². The summed E-state index contributed by atoms with van der Waals surface area (Å²) in [5.41, 5.74) is 11.3. The fourth-order valence-electron chi connectivity index (χ4n) is 1.05. The second-order valence-electron chi connectivity index (χ2n) is 2.38. The van der Waals surface area contributed by atoms with Crippen molar-refractivity contribution in [3.05, 3.63) is 12.7 Å². The zero-order valence-corrected chi connectivity index (χ0v) is 6.51. The van der Waals surface area contributed by atoms with Gasteiger partial charge in [0.2, 0.25) is 0 Å². The Bertz CT molecular complexity index is 475. The van der Waals surface area contributed by atoms with Crippen LogP contribution in [0.1, 0.15) is 0 Å². The van der Waals surface area contributed by atoms with E-state index in [4.69, 9.17) is 11.5 Å². The molecule has 0 unspecified atom stereocenters. The van der Waals surface area contributed by atoms with Crippen LogP contribution in [0.5, 0.6) is 0 Å². The maximum Gasteiger partial charge on any atom is 0.324 e. The molecular formula is C6H6N6O. The van der Waals surface area contributed by atoms with E-state index in [0.717, 1.165) is 4.57 Å². The maximum atomic E-state index is 10.9. The number of fused-ring (bicyclic) bond motifs is 1. The Morgan fingerprint density at radius 1 is 1.38 bits per heavy atom. The van der Waals surface area contributed by atoms with Crippen LogP contribution < -0.4 is 11.5 Å². The summed E-state index contributed by atoms with van der Waals surface area (Å²) < 4.78 is 1.10. The van der Waals surface area contributed by atoms with Crippen molar-refractivity contribution in [1.29, 1.82) is 0 Å². The summed E-state index contributed by atoms with van der Waals surface area (Å²) in [5.74, 6) is 0.182. The first-order chi connectivity index (χ1) is 6.20. The third-order valence-electron chi connectivity index (χ3n) is 1.61. The summed E-state index contributed by atoms with van der Waals surface area (Å²) in [4.78, 5) is 22.2. The van der Waals surface area contributed by atoms with Gasteiger partial charge in [-0.3, -0.25) is 0 Å². The highest BCUT2D eigenvalue weighted by Crippen LogP contribution is 2.13. The van der Waals surface area contributed by atoms with Gasteiger partial charge in [0.25, 0.3) is 0 Å². The van der Waals surface area contributed by atoms with Crippen LogP contribution in [0.25, 0.3) is 11.2 Å². The lowest BCUT2D eigenvalue weighted by Crippen LogP contribution is -2.19. The highest BCUT2D eigenvalue weighted by molar-refractivity contribution is 5.91. The van der Waals surface area contributed by atoms with E-state index in [2.05, 4.69) is 15.0 Å². The van der Waals surface area contributed by atoms with Crippen LogP contribution in [0.2, 0.25) is 0 Å². The lowest BCUT2D eigenvalue weighted by Gasteiger charge is -1.97. The first-order valence-electron chi connectivity index (χ1n) is 3.43. The largest absolute Gasteiger partial charge is 0.382 e. The molecule has 7 nitrogen and oxygen atoms in total. The number of nitrogen functional groups attached to an aromatic ring is 1. The van der Waals surface area contributed by atoms with Crippen molar-refractivity contribution in [3.63, 3.8) is 0 Å². The number of nitrogens with two attached hydrogens (primary N) is 2. The number of aromatic nitrogens is 4. The van der Waals surface area contributed by atoms with Gasteiger partial charge in [0.15, 0.2) is 11.5 Å². The van der Waals surface area contributed by atoms with Crippen LogP contribution in [0.4, 0.5) is 10.6 Å². The van der Waals surface area contributed by atoms with Crippen LogP contribution >= 0.6 is 0 Å². The average Bonchev–Trinajstić information content (AvgIpc) is 2.49. The van der Waals surface area contributed by atoms with Crippen molar-refractivity contribution in [2.24, 2.45) is 5.73 Å². The number of hydrogen-bond donors (Lipinski definition) is 2. The van der Waals surface area contributed by atoms with E-state index in [0.29, 0.717) is 11.2 Å². The number of amides is 1. The molecule has 2 rings (SSSR count). The molecule has 0 aliphatic heterocycles. The SMILES string of the molecule is NC(=O)n1cnc2ncnc(N)c21. The predicted molar refractivity (Wildman–Crippen MR) is 44.7 cm³/mol. The van der Waals surface area contributed by atoms with Gasteiger partial charge in [0, 0.05) is 0 Å². The monoisotopic (exact) mass is 178 g/mol. The van der Waals surface area contributed by atoms with E-state index in [1.54, 1.807) is 0 Å². The first-order valence-corrected chi connectivity index (χ1v) is 3.43. The van der Waals surface area contributed by atoms with Gasteiger partial charge < -0.3 is 11.5 Å². The lowest BCUT2D eigenvalue weighted by atomic mass is 10.5. The quantitative estimate of drug-likeness (QED) is 0.555. The molecule has 0 atom stereocenters. The smallest absolute Gasteiger partial charge is 0.324 e. The Morgan fingerprint density at radius 3 is 2.85 bits per heavy atom. The van der Waals surface area contributed by atoms with E-state index in [-0.39, 0.29) is 5.82 Å². The number of rotatable bonds is 0. The van der Waals surface area contributed by atoms with Gasteiger partial charge in [-0.2, -0.15) is 0 Å². The van der Waals surface area contributed by atoms with Crippen LogP contribution in [-0.2, 0) is 0 Å². The summed E-state index contributed by atoms with van der Waals surface area (Å²) in [6.45, 7) is 0. The second kappa shape index (κ2) is 2.41. The number of nitrogens with zero attached hydrogens (tertiary/aromatic N) is 4. The molecule has 0 fully saturated rings. The van der Waals surface area contributed by atoms with Gasteiger partial charge in [-0.05, 0) is 0 Å². The second-order valence-corrected chi connectivity index (χ2v) is 2.38. The molecule has 2 aromatic rings. The number of carbonyl (C=O) groups excluding carboxylic acids is 1. The van der Waals surface area contributed by atoms with Crippen LogP contribution in [0.15, 0.2) is 12.7 Å². The number of hydrogen-bond acceptors (Lipinski definition) is 5. The third kappa shape index (κ3) is 0.975. The van der Waals surface area contributed by atoms with Crippen LogP contribution in [0.3, 0.4) is 0 Å². The molecule has 0 radical (unpaired) electrons. The van der Waals surface area contributed by atoms with Gasteiger partial charge in [-0.25, -0.2) is 24.3 Å². The van der Waals surface area contributed by atoms with Crippen molar-refractivity contribution in [2.45, 2.75) is 0 Å². The molecule has 0 bridgehead atoms. The molecule has 13 heavy (non-hydrogen) atoms. The minimum absolute atomic E-state index is 0.182. The molecule has 0 aliphatic carbocycles. The third-order valence-corrected chi connectivity index (χ3v) is 1.61. The van der Waals surface area contributed by atoms with E-state index in [1.807, 2.05) is 0 Å². The molecule has 66 valence electrons. The summed E-state index contributed by atoms with van der Waals surface area (Å²) in [7, 11) is 0. The zero-order chi connectivity index (χ0) is 9.42. The molecule has 0 saturated carbocycles. The molecule has 7 heteroatoms. The fraction of sp³-hybridized carbons (Fsp3) is 0. The zero-order valence-electron chi connectivity index (χ0n) is 6.51. The van der Waals surface area contributed by atoms with E-state index >= 15 is 0 Å². The minimum Gasteiger partial charge on any atom is -0.382 e. The standard InChI is InChI=1S/C6H6N6O/c7-4-3-5(10-1-9-4)11-2-12(3)6(8)13/h1-2H,(H2,8,13)(H2,7,9,10). The highest BCUT2D eigenvalue weighted by Gasteiger charge is 2.10. The molecule has 2 heterocycles. The van der Waals surface area contributed by atoms with E-state index in [9.17, 15) is 4.79 Å². The first kappa shape index (κ1) is 7.47. The fourth-order valence-corrected chi connectivity index (χ4v) is 1.05. The number of carbonyl (C=O) groups is 1. The number of primary amides is 1. The molecular weight excluding hydrogens is 172 g/mol. The topological polar surface area (TPSA) is 113 Å². The summed E-state index contributed by atoms with van der Waals surface area (Å²) in [6, 6.07) is -0.663. The Hall–Kier alpha value is -2.18. The molecule has 2 aromatic heterocycles. The minimum atomic E-state index is -0.663. The van der Waals surface area contributed by atoms with Gasteiger partial charge in [0.05, 0.1) is 0 Å². The normalized spacial score (nSPS) is 10.5.